The van der Waals surface area contributed by atoms with Crippen LogP contribution in [0.15, 0.2) is 39.7 Å². The molecule has 0 amide bonds. The Morgan fingerprint density at radius 3 is 2.73 bits per heavy atom. The first-order chi connectivity index (χ1) is 10.4. The van der Waals surface area contributed by atoms with Crippen LogP contribution in [-0.4, -0.2) is 29.6 Å². The van der Waals surface area contributed by atoms with Crippen molar-refractivity contribution in [3.63, 3.8) is 0 Å². The maximum Gasteiger partial charge on any atom is 0.166 e. The van der Waals surface area contributed by atoms with Crippen molar-refractivity contribution >= 4 is 6.21 Å². The number of hydrogen-bond donors (Lipinski definition) is 2. The molecular formula is C17H21NO4. The average Bonchev–Trinajstić information content (AvgIpc) is 2.90. The van der Waals surface area contributed by atoms with Crippen LogP contribution in [0.1, 0.15) is 30.9 Å². The fraction of sp³-hybridized carbons (Fsp3) is 0.353. The van der Waals surface area contributed by atoms with Crippen LogP contribution in [-0.2, 0) is 5.60 Å². The summed E-state index contributed by atoms with van der Waals surface area (Å²) in [6.07, 6.45) is 1.52. The lowest BCUT2D eigenvalue weighted by Gasteiger charge is -2.18. The van der Waals surface area contributed by atoms with Crippen molar-refractivity contribution in [2.24, 2.45) is 4.99 Å². The summed E-state index contributed by atoms with van der Waals surface area (Å²) < 4.78 is 10.8. The van der Waals surface area contributed by atoms with Crippen LogP contribution in [0.25, 0.3) is 0 Å². The van der Waals surface area contributed by atoms with E-state index < -0.39 is 5.60 Å². The first-order valence-electron chi connectivity index (χ1n) is 7.18. The van der Waals surface area contributed by atoms with Crippen molar-refractivity contribution in [1.29, 1.82) is 0 Å². The smallest absolute Gasteiger partial charge is 0.166 e. The number of para-hydroxylation sites is 1. The van der Waals surface area contributed by atoms with Crippen LogP contribution in [0.3, 0.4) is 0 Å². The Labute approximate surface area is 129 Å². The number of benzene rings is 1. The van der Waals surface area contributed by atoms with E-state index >= 15 is 0 Å². The molecule has 0 spiro atoms. The minimum atomic E-state index is -1.20. The second-order valence-electron chi connectivity index (χ2n) is 5.28. The molecule has 0 aliphatic heterocycles. The van der Waals surface area contributed by atoms with Gasteiger partial charge in [0.2, 0.25) is 0 Å². The summed E-state index contributed by atoms with van der Waals surface area (Å²) in [7, 11) is 0. The predicted molar refractivity (Wildman–Crippen MR) is 84.8 cm³/mol. The maximum atomic E-state index is 10.4. The summed E-state index contributed by atoms with van der Waals surface area (Å²) in [5.74, 6) is 1.66. The second kappa shape index (κ2) is 6.66. The van der Waals surface area contributed by atoms with Crippen molar-refractivity contribution < 1.29 is 19.4 Å². The highest BCUT2D eigenvalue weighted by Crippen LogP contribution is 2.29. The Balaban J connectivity index is 2.11. The van der Waals surface area contributed by atoms with Crippen LogP contribution in [0, 0.1) is 6.92 Å². The summed E-state index contributed by atoms with van der Waals surface area (Å²) in [6.45, 7) is 5.90. The molecule has 0 radical (unpaired) electrons. The van der Waals surface area contributed by atoms with Gasteiger partial charge in [0.1, 0.15) is 17.1 Å². The van der Waals surface area contributed by atoms with Crippen LogP contribution < -0.4 is 4.74 Å². The van der Waals surface area contributed by atoms with Crippen molar-refractivity contribution in [2.75, 3.05) is 13.2 Å². The largest absolute Gasteiger partial charge is 0.504 e. The Morgan fingerprint density at radius 1 is 1.32 bits per heavy atom. The first-order valence-corrected chi connectivity index (χ1v) is 7.18. The van der Waals surface area contributed by atoms with Gasteiger partial charge < -0.3 is 19.4 Å². The number of ether oxygens (including phenoxy) is 1. The molecule has 5 nitrogen and oxygen atoms in total. The van der Waals surface area contributed by atoms with Gasteiger partial charge in [-0.2, -0.15) is 0 Å². The molecule has 118 valence electrons. The molecule has 0 saturated heterocycles. The molecule has 1 heterocycles. The summed E-state index contributed by atoms with van der Waals surface area (Å²) in [5.41, 5.74) is -0.657. The van der Waals surface area contributed by atoms with Gasteiger partial charge in [0.25, 0.3) is 0 Å². The molecule has 2 rings (SSSR count). The number of hydrogen-bond acceptors (Lipinski definition) is 5. The predicted octanol–water partition coefficient (Wildman–Crippen LogP) is 3.02. The van der Waals surface area contributed by atoms with Crippen molar-refractivity contribution in [3.05, 3.63) is 47.4 Å². The minimum Gasteiger partial charge on any atom is -0.504 e. The van der Waals surface area contributed by atoms with Gasteiger partial charge in [0, 0.05) is 11.8 Å². The lowest BCUT2D eigenvalue weighted by atomic mass is 10.0. The van der Waals surface area contributed by atoms with E-state index in [4.69, 9.17) is 9.15 Å². The topological polar surface area (TPSA) is 75.2 Å². The highest BCUT2D eigenvalue weighted by atomic mass is 16.5. The number of furan rings is 1. The molecule has 1 atom stereocenters. The van der Waals surface area contributed by atoms with Crippen molar-refractivity contribution in [3.8, 4) is 11.5 Å². The molecule has 0 saturated carbocycles. The quantitative estimate of drug-likeness (QED) is 0.804. The third-order valence-electron chi connectivity index (χ3n) is 3.23. The Morgan fingerprint density at radius 2 is 2.09 bits per heavy atom. The molecule has 5 heteroatoms. The SMILES string of the molecule is CCOc1cccc(C=NCC(C)(O)c2ccc(C)o2)c1O. The summed E-state index contributed by atoms with van der Waals surface area (Å²) >= 11 is 0. The number of phenols is 1. The van der Waals surface area contributed by atoms with Gasteiger partial charge in [0.15, 0.2) is 11.5 Å². The zero-order chi connectivity index (χ0) is 16.2. The third kappa shape index (κ3) is 3.68. The van der Waals surface area contributed by atoms with Gasteiger partial charge in [-0.05, 0) is 45.0 Å². The second-order valence-corrected chi connectivity index (χ2v) is 5.28. The fourth-order valence-corrected chi connectivity index (χ4v) is 2.04. The van der Waals surface area contributed by atoms with Gasteiger partial charge >= 0.3 is 0 Å². The number of aromatic hydroxyl groups is 1. The molecule has 1 unspecified atom stereocenters. The molecule has 2 aromatic rings. The summed E-state index contributed by atoms with van der Waals surface area (Å²) in [6, 6.07) is 8.73. The minimum absolute atomic E-state index is 0.0431. The van der Waals surface area contributed by atoms with Crippen LogP contribution in [0.4, 0.5) is 0 Å². The highest BCUT2D eigenvalue weighted by molar-refractivity contribution is 5.84. The monoisotopic (exact) mass is 303 g/mol. The normalized spacial score (nSPS) is 14.2. The average molecular weight is 303 g/mol. The van der Waals surface area contributed by atoms with Gasteiger partial charge in [-0.1, -0.05) is 6.07 Å². The van der Waals surface area contributed by atoms with E-state index in [1.165, 1.54) is 6.21 Å². The molecule has 0 fully saturated rings. The standard InChI is InChI=1S/C17H21NO4/c1-4-21-14-7-5-6-13(16(14)19)10-18-11-17(3,20)15-9-8-12(2)22-15/h5-10,19-20H,4,11H2,1-3H3. The Hall–Kier alpha value is -2.27. The molecule has 1 aromatic heterocycles. The summed E-state index contributed by atoms with van der Waals surface area (Å²) in [5, 5.41) is 20.5. The highest BCUT2D eigenvalue weighted by Gasteiger charge is 2.26. The van der Waals surface area contributed by atoms with Crippen molar-refractivity contribution in [2.45, 2.75) is 26.4 Å². The van der Waals surface area contributed by atoms with Gasteiger partial charge in [-0.15, -0.1) is 0 Å². The van der Waals surface area contributed by atoms with E-state index in [1.54, 1.807) is 37.3 Å². The lowest BCUT2D eigenvalue weighted by molar-refractivity contribution is 0.0431. The van der Waals surface area contributed by atoms with Crippen LogP contribution in [0.2, 0.25) is 0 Å². The zero-order valence-electron chi connectivity index (χ0n) is 13.0. The number of nitrogens with zero attached hydrogens (tertiary/aromatic N) is 1. The lowest BCUT2D eigenvalue weighted by Crippen LogP contribution is -2.24. The van der Waals surface area contributed by atoms with Gasteiger partial charge in [0.05, 0.1) is 13.2 Å². The first kappa shape index (κ1) is 16.1. The number of rotatable bonds is 6. The van der Waals surface area contributed by atoms with E-state index in [-0.39, 0.29) is 12.3 Å². The molecule has 0 aliphatic carbocycles. The van der Waals surface area contributed by atoms with Crippen molar-refractivity contribution in [1.82, 2.24) is 0 Å². The molecule has 0 aliphatic rings. The molecule has 1 aromatic carbocycles. The van der Waals surface area contributed by atoms with Gasteiger partial charge in [-0.3, -0.25) is 4.99 Å². The molecule has 22 heavy (non-hydrogen) atoms. The van der Waals surface area contributed by atoms with Gasteiger partial charge in [-0.25, -0.2) is 0 Å². The number of aliphatic imine (C=N–C) groups is 1. The Kier molecular flexibility index (Phi) is 4.88. The molecular weight excluding hydrogens is 282 g/mol. The summed E-state index contributed by atoms with van der Waals surface area (Å²) in [4.78, 5) is 4.21. The van der Waals surface area contributed by atoms with Crippen LogP contribution >= 0.6 is 0 Å². The van der Waals surface area contributed by atoms with E-state index in [0.29, 0.717) is 23.7 Å². The fourth-order valence-electron chi connectivity index (χ4n) is 2.04. The maximum absolute atomic E-state index is 10.4. The van der Waals surface area contributed by atoms with E-state index in [1.807, 2.05) is 13.8 Å². The van der Waals surface area contributed by atoms with E-state index in [2.05, 4.69) is 4.99 Å². The Bertz CT molecular complexity index is 658. The van der Waals surface area contributed by atoms with E-state index in [0.717, 1.165) is 5.76 Å². The van der Waals surface area contributed by atoms with Crippen LogP contribution in [0.5, 0.6) is 11.5 Å². The number of aryl methyl sites for hydroxylation is 1. The zero-order valence-corrected chi connectivity index (χ0v) is 13.0. The third-order valence-corrected chi connectivity index (χ3v) is 3.23. The number of phenolic OH excluding ortho intramolecular Hbond substituents is 1. The van der Waals surface area contributed by atoms with E-state index in [9.17, 15) is 10.2 Å². The molecule has 0 bridgehead atoms. The molecule has 2 N–H and O–H groups in total. The number of aliphatic hydroxyl groups is 1.